The summed E-state index contributed by atoms with van der Waals surface area (Å²) in [6, 6.07) is 9.74. The van der Waals surface area contributed by atoms with Gasteiger partial charge in [0.05, 0.1) is 0 Å². The lowest BCUT2D eigenvalue weighted by molar-refractivity contribution is -0.308. The van der Waals surface area contributed by atoms with Crippen molar-refractivity contribution in [3.8, 4) is 11.1 Å². The number of ether oxygens (including phenoxy) is 1. The minimum atomic E-state index is -5.73. The number of pyridine rings is 1. The number of piperazine rings is 1. The minimum absolute atomic E-state index is 0.0336. The number of amides is 1. The molecule has 0 spiro atoms. The Labute approximate surface area is 180 Å². The predicted octanol–water partition coefficient (Wildman–Crippen LogP) is 4.80. The molecule has 174 valence electrons. The lowest BCUT2D eigenvalue weighted by Crippen LogP contribution is -2.52. The fourth-order valence-corrected chi connectivity index (χ4v) is 3.41. The average Bonchev–Trinajstić information content (AvgIpc) is 2.73. The largest absolute Gasteiger partial charge is 0.434 e. The Bertz CT molecular complexity index is 911. The standard InChI is InChI=1S/C21H21F6N3O2/c1-14-11-15(16-3-2-6-28-12-16)4-5-17(14)13-29-7-9-30(10-8-29)19(31)32-18(20(22,23)24)21(25,26)27/h2-6,11-12,18H,7-10,13H2,1H3. The van der Waals surface area contributed by atoms with Gasteiger partial charge in [0.25, 0.3) is 6.10 Å². The highest BCUT2D eigenvalue weighted by Crippen LogP contribution is 2.36. The molecule has 1 fully saturated rings. The van der Waals surface area contributed by atoms with E-state index in [2.05, 4.69) is 9.72 Å². The van der Waals surface area contributed by atoms with Crippen LogP contribution in [0.2, 0.25) is 0 Å². The third kappa shape index (κ3) is 5.90. The molecule has 11 heteroatoms. The Morgan fingerprint density at radius 2 is 1.69 bits per heavy atom. The Balaban J connectivity index is 1.56. The molecule has 3 rings (SSSR count). The molecule has 2 aromatic rings. The van der Waals surface area contributed by atoms with Gasteiger partial charge < -0.3 is 9.64 Å². The highest BCUT2D eigenvalue weighted by Gasteiger charge is 2.60. The van der Waals surface area contributed by atoms with Crippen molar-refractivity contribution in [2.45, 2.75) is 31.9 Å². The zero-order valence-corrected chi connectivity index (χ0v) is 17.1. The molecule has 0 saturated carbocycles. The number of hydrogen-bond acceptors (Lipinski definition) is 4. The van der Waals surface area contributed by atoms with Crippen molar-refractivity contribution in [1.29, 1.82) is 0 Å². The van der Waals surface area contributed by atoms with Crippen LogP contribution in [0.25, 0.3) is 11.1 Å². The Hall–Kier alpha value is -2.82. The van der Waals surface area contributed by atoms with E-state index in [1.165, 1.54) is 0 Å². The molecule has 1 aromatic carbocycles. The van der Waals surface area contributed by atoms with E-state index >= 15 is 0 Å². The number of carbonyl (C=O) groups is 1. The van der Waals surface area contributed by atoms with Crippen LogP contribution in [-0.2, 0) is 11.3 Å². The first-order valence-electron chi connectivity index (χ1n) is 9.76. The van der Waals surface area contributed by atoms with Crippen molar-refractivity contribution >= 4 is 6.09 Å². The van der Waals surface area contributed by atoms with Gasteiger partial charge >= 0.3 is 18.4 Å². The summed E-state index contributed by atoms with van der Waals surface area (Å²) in [6.07, 6.45) is -13.8. The van der Waals surface area contributed by atoms with Gasteiger partial charge in [0.1, 0.15) is 0 Å². The van der Waals surface area contributed by atoms with Gasteiger partial charge in [-0.3, -0.25) is 9.88 Å². The van der Waals surface area contributed by atoms with Gasteiger partial charge in [0.2, 0.25) is 0 Å². The van der Waals surface area contributed by atoms with Gasteiger partial charge in [-0.05, 0) is 35.2 Å². The molecule has 0 N–H and O–H groups in total. The van der Waals surface area contributed by atoms with E-state index in [9.17, 15) is 31.1 Å². The molecule has 0 radical (unpaired) electrons. The first-order valence-corrected chi connectivity index (χ1v) is 9.76. The zero-order chi connectivity index (χ0) is 23.5. The van der Waals surface area contributed by atoms with Crippen LogP contribution < -0.4 is 0 Å². The SMILES string of the molecule is Cc1cc(-c2cccnc2)ccc1CN1CCN(C(=O)OC(C(F)(F)F)C(F)(F)F)CC1. The molecule has 0 unspecified atom stereocenters. The topological polar surface area (TPSA) is 45.7 Å². The van der Waals surface area contributed by atoms with Crippen LogP contribution in [0, 0.1) is 6.92 Å². The number of nitrogens with zero attached hydrogens (tertiary/aromatic N) is 3. The third-order valence-corrected chi connectivity index (χ3v) is 5.18. The number of benzene rings is 1. The summed E-state index contributed by atoms with van der Waals surface area (Å²) in [5, 5.41) is 0. The second kappa shape index (κ2) is 9.35. The van der Waals surface area contributed by atoms with Gasteiger partial charge in [-0.1, -0.05) is 24.3 Å². The molecular weight excluding hydrogens is 440 g/mol. The van der Waals surface area contributed by atoms with Crippen LogP contribution in [0.5, 0.6) is 0 Å². The Morgan fingerprint density at radius 1 is 1.03 bits per heavy atom. The monoisotopic (exact) mass is 461 g/mol. The molecule has 1 saturated heterocycles. The summed E-state index contributed by atoms with van der Waals surface area (Å²) < 4.78 is 79.3. The maximum atomic E-state index is 12.6. The number of alkyl halides is 6. The highest BCUT2D eigenvalue weighted by molar-refractivity contribution is 5.68. The first-order chi connectivity index (χ1) is 14.9. The quantitative estimate of drug-likeness (QED) is 0.614. The van der Waals surface area contributed by atoms with E-state index in [1.807, 2.05) is 42.2 Å². The number of aryl methyl sites for hydroxylation is 1. The number of hydrogen-bond donors (Lipinski definition) is 0. The maximum absolute atomic E-state index is 12.6. The van der Waals surface area contributed by atoms with Crippen molar-refractivity contribution in [3.05, 3.63) is 53.9 Å². The molecule has 2 heterocycles. The summed E-state index contributed by atoms with van der Waals surface area (Å²) in [4.78, 5) is 18.8. The third-order valence-electron chi connectivity index (χ3n) is 5.18. The predicted molar refractivity (Wildman–Crippen MR) is 104 cm³/mol. The van der Waals surface area contributed by atoms with Crippen LogP contribution in [-0.4, -0.2) is 65.5 Å². The average molecular weight is 461 g/mol. The number of carbonyl (C=O) groups excluding carboxylic acids is 1. The molecule has 0 aliphatic carbocycles. The second-order valence-electron chi connectivity index (χ2n) is 7.49. The van der Waals surface area contributed by atoms with E-state index in [-0.39, 0.29) is 13.1 Å². The Kier molecular flexibility index (Phi) is 6.97. The fraction of sp³-hybridized carbons (Fsp3) is 0.429. The highest BCUT2D eigenvalue weighted by atomic mass is 19.4. The lowest BCUT2D eigenvalue weighted by Gasteiger charge is -2.35. The summed E-state index contributed by atoms with van der Waals surface area (Å²) >= 11 is 0. The van der Waals surface area contributed by atoms with Crippen molar-refractivity contribution < 1.29 is 35.9 Å². The molecule has 1 amide bonds. The zero-order valence-electron chi connectivity index (χ0n) is 17.1. The summed E-state index contributed by atoms with van der Waals surface area (Å²) in [5.74, 6) is 0. The van der Waals surface area contributed by atoms with Gasteiger partial charge in [-0.2, -0.15) is 26.3 Å². The fourth-order valence-electron chi connectivity index (χ4n) is 3.41. The van der Waals surface area contributed by atoms with Gasteiger partial charge in [0.15, 0.2) is 0 Å². The smallest absolute Gasteiger partial charge is 0.426 e. The van der Waals surface area contributed by atoms with Crippen LogP contribution in [0.15, 0.2) is 42.7 Å². The second-order valence-corrected chi connectivity index (χ2v) is 7.49. The molecule has 32 heavy (non-hydrogen) atoms. The molecule has 1 aliphatic rings. The molecular formula is C21H21F6N3O2. The van der Waals surface area contributed by atoms with E-state index in [0.29, 0.717) is 19.6 Å². The maximum Gasteiger partial charge on any atom is 0.434 e. The van der Waals surface area contributed by atoms with Crippen molar-refractivity contribution in [3.63, 3.8) is 0 Å². The van der Waals surface area contributed by atoms with Gasteiger partial charge in [0, 0.05) is 45.1 Å². The van der Waals surface area contributed by atoms with Crippen molar-refractivity contribution in [2.24, 2.45) is 0 Å². The minimum Gasteiger partial charge on any atom is -0.426 e. The summed E-state index contributed by atoms with van der Waals surface area (Å²) in [6.45, 7) is 3.01. The van der Waals surface area contributed by atoms with Gasteiger partial charge in [-0.15, -0.1) is 0 Å². The van der Waals surface area contributed by atoms with Crippen molar-refractivity contribution in [2.75, 3.05) is 26.2 Å². The van der Waals surface area contributed by atoms with E-state index in [4.69, 9.17) is 0 Å². The van der Waals surface area contributed by atoms with Gasteiger partial charge in [-0.25, -0.2) is 4.79 Å². The molecule has 1 aromatic heterocycles. The van der Waals surface area contributed by atoms with Crippen LogP contribution in [0.1, 0.15) is 11.1 Å². The van der Waals surface area contributed by atoms with Crippen LogP contribution in [0.3, 0.4) is 0 Å². The van der Waals surface area contributed by atoms with Crippen LogP contribution >= 0.6 is 0 Å². The molecule has 0 bridgehead atoms. The van der Waals surface area contributed by atoms with E-state index < -0.39 is 24.5 Å². The van der Waals surface area contributed by atoms with Crippen LogP contribution in [0.4, 0.5) is 31.1 Å². The number of rotatable bonds is 4. The molecule has 5 nitrogen and oxygen atoms in total. The number of halogens is 6. The molecule has 0 atom stereocenters. The summed E-state index contributed by atoms with van der Waals surface area (Å²) in [7, 11) is 0. The first kappa shape index (κ1) is 23.8. The summed E-state index contributed by atoms with van der Waals surface area (Å²) in [5.41, 5.74) is 4.05. The van der Waals surface area contributed by atoms with E-state index in [0.717, 1.165) is 27.2 Å². The Morgan fingerprint density at radius 3 is 2.22 bits per heavy atom. The normalized spacial score (nSPS) is 15.8. The molecule has 1 aliphatic heterocycles. The van der Waals surface area contributed by atoms with E-state index in [1.54, 1.807) is 12.4 Å². The lowest BCUT2D eigenvalue weighted by atomic mass is 10.0. The van der Waals surface area contributed by atoms with Crippen molar-refractivity contribution in [1.82, 2.24) is 14.8 Å². The number of aromatic nitrogens is 1.